The number of nitrogens with two attached hydrogens (primary N) is 1. The highest BCUT2D eigenvalue weighted by Crippen LogP contribution is 2.29. The molecule has 3 aromatic heterocycles. The fraction of sp³-hybridized carbons (Fsp3) is 0.435. The fourth-order valence-corrected chi connectivity index (χ4v) is 4.24. The van der Waals surface area contributed by atoms with Gasteiger partial charge in [-0.15, -0.1) is 0 Å². The summed E-state index contributed by atoms with van der Waals surface area (Å²) in [5.74, 6) is 7.49. The molecule has 1 aliphatic rings. The van der Waals surface area contributed by atoms with Gasteiger partial charge in [-0.05, 0) is 13.8 Å². The van der Waals surface area contributed by atoms with Crippen molar-refractivity contribution in [3.05, 3.63) is 39.9 Å². The molecule has 0 unspecified atom stereocenters. The highest BCUT2D eigenvalue weighted by atomic mass is 35.5. The van der Waals surface area contributed by atoms with Crippen molar-refractivity contribution in [2.24, 2.45) is 0 Å². The Morgan fingerprint density at radius 3 is 2.78 bits per heavy atom. The lowest BCUT2D eigenvalue weighted by atomic mass is 10.1. The number of fused-ring (bicyclic) bond motifs is 1. The molecule has 0 spiro atoms. The molecule has 1 saturated heterocycles. The smallest absolute Gasteiger partial charge is 0.223 e. The maximum Gasteiger partial charge on any atom is 0.223 e. The number of halogens is 1. The van der Waals surface area contributed by atoms with E-state index in [-0.39, 0.29) is 5.95 Å². The summed E-state index contributed by atoms with van der Waals surface area (Å²) in [6, 6.07) is 0. The topological polar surface area (TPSA) is 91.3 Å². The number of aromatic nitrogens is 4. The van der Waals surface area contributed by atoms with Crippen molar-refractivity contribution >= 4 is 28.6 Å². The molecule has 0 saturated carbocycles. The van der Waals surface area contributed by atoms with Gasteiger partial charge >= 0.3 is 0 Å². The van der Waals surface area contributed by atoms with E-state index in [0.717, 1.165) is 67.4 Å². The molecule has 0 aromatic carbocycles. The third kappa shape index (κ3) is 4.65. The van der Waals surface area contributed by atoms with E-state index in [1.807, 2.05) is 30.8 Å². The molecule has 4 heterocycles. The number of morpholine rings is 1. The largest absolute Gasteiger partial charge is 0.496 e. The van der Waals surface area contributed by atoms with Crippen molar-refractivity contribution in [2.45, 2.75) is 26.8 Å². The summed E-state index contributed by atoms with van der Waals surface area (Å²) in [7, 11) is 1.67. The van der Waals surface area contributed by atoms with Crippen molar-refractivity contribution in [1.82, 2.24) is 24.4 Å². The lowest BCUT2D eigenvalue weighted by Crippen LogP contribution is -2.36. The first-order chi connectivity index (χ1) is 15.5. The predicted octanol–water partition coefficient (Wildman–Crippen LogP) is 2.81. The molecule has 1 aliphatic heterocycles. The number of aryl methyl sites for hydroxylation is 1. The normalized spacial score (nSPS) is 14.4. The summed E-state index contributed by atoms with van der Waals surface area (Å²) in [6.07, 6.45) is 4.52. The summed E-state index contributed by atoms with van der Waals surface area (Å²) in [4.78, 5) is 15.5. The van der Waals surface area contributed by atoms with Crippen molar-refractivity contribution in [2.75, 3.05) is 45.7 Å². The van der Waals surface area contributed by atoms with Crippen LogP contribution in [0.25, 0.3) is 11.0 Å². The van der Waals surface area contributed by atoms with E-state index >= 15 is 0 Å². The quantitative estimate of drug-likeness (QED) is 0.468. The van der Waals surface area contributed by atoms with Gasteiger partial charge < -0.3 is 19.8 Å². The molecule has 4 rings (SSSR count). The summed E-state index contributed by atoms with van der Waals surface area (Å²) in [5, 5.41) is 1.01. The van der Waals surface area contributed by atoms with Gasteiger partial charge in [0.25, 0.3) is 0 Å². The Morgan fingerprint density at radius 1 is 1.25 bits per heavy atom. The van der Waals surface area contributed by atoms with Crippen LogP contribution in [0.5, 0.6) is 5.75 Å². The van der Waals surface area contributed by atoms with Gasteiger partial charge in [-0.1, -0.05) is 23.4 Å². The average Bonchev–Trinajstić information content (AvgIpc) is 3.12. The van der Waals surface area contributed by atoms with Crippen molar-refractivity contribution < 1.29 is 9.47 Å². The second kappa shape index (κ2) is 9.74. The first-order valence-electron chi connectivity index (χ1n) is 10.6. The van der Waals surface area contributed by atoms with Crippen LogP contribution in [-0.2, 0) is 11.3 Å². The van der Waals surface area contributed by atoms with Gasteiger partial charge in [-0.2, -0.15) is 4.98 Å². The van der Waals surface area contributed by atoms with Gasteiger partial charge in [0.15, 0.2) is 0 Å². The van der Waals surface area contributed by atoms with Crippen LogP contribution >= 0.6 is 11.6 Å². The van der Waals surface area contributed by atoms with Crippen LogP contribution in [0.1, 0.15) is 28.8 Å². The van der Waals surface area contributed by atoms with Gasteiger partial charge in [-0.3, -0.25) is 9.88 Å². The van der Waals surface area contributed by atoms with E-state index < -0.39 is 0 Å². The van der Waals surface area contributed by atoms with Crippen LogP contribution in [0.4, 0.5) is 5.95 Å². The minimum Gasteiger partial charge on any atom is -0.496 e. The van der Waals surface area contributed by atoms with Crippen LogP contribution in [0.3, 0.4) is 0 Å². The molecule has 0 amide bonds. The van der Waals surface area contributed by atoms with E-state index in [0.29, 0.717) is 22.7 Å². The molecule has 1 fully saturated rings. The van der Waals surface area contributed by atoms with E-state index in [1.165, 1.54) is 0 Å². The number of ether oxygens (including phenoxy) is 2. The first-order valence-corrected chi connectivity index (χ1v) is 11.0. The Hall–Kier alpha value is -2.86. The SMILES string of the molecule is COc1c(C)cnc(Cn2cc(C#CCCN3CCOCC3)c3c(Cl)nc(N)nc32)c1C. The molecule has 0 bridgehead atoms. The van der Waals surface area contributed by atoms with Crippen molar-refractivity contribution in [3.8, 4) is 17.6 Å². The Bertz CT molecular complexity index is 1190. The first kappa shape index (κ1) is 22.3. The van der Waals surface area contributed by atoms with Crippen LogP contribution in [0.2, 0.25) is 5.15 Å². The average molecular weight is 455 g/mol. The molecule has 168 valence electrons. The fourth-order valence-electron chi connectivity index (χ4n) is 3.96. The monoisotopic (exact) mass is 454 g/mol. The third-order valence-corrected chi connectivity index (χ3v) is 5.91. The number of methoxy groups -OCH3 is 1. The molecule has 3 aromatic rings. The number of rotatable bonds is 5. The highest BCUT2D eigenvalue weighted by Gasteiger charge is 2.17. The molecule has 2 N–H and O–H groups in total. The number of hydrogen-bond acceptors (Lipinski definition) is 7. The summed E-state index contributed by atoms with van der Waals surface area (Å²) >= 11 is 6.45. The molecule has 9 heteroatoms. The summed E-state index contributed by atoms with van der Waals surface area (Å²) in [6.45, 7) is 8.85. The van der Waals surface area contributed by atoms with Crippen molar-refractivity contribution in [1.29, 1.82) is 0 Å². The molecule has 0 radical (unpaired) electrons. The van der Waals surface area contributed by atoms with Crippen LogP contribution in [0, 0.1) is 25.7 Å². The Labute approximate surface area is 192 Å². The second-order valence-electron chi connectivity index (χ2n) is 7.79. The lowest BCUT2D eigenvalue weighted by Gasteiger charge is -2.25. The molecule has 32 heavy (non-hydrogen) atoms. The van der Waals surface area contributed by atoms with Gasteiger partial charge in [0.05, 0.1) is 43.5 Å². The maximum absolute atomic E-state index is 6.45. The third-order valence-electron chi connectivity index (χ3n) is 5.64. The van der Waals surface area contributed by atoms with Gasteiger partial charge in [0.1, 0.15) is 16.5 Å². The molecular formula is C23H27ClN6O2. The van der Waals surface area contributed by atoms with Crippen LogP contribution in [-0.4, -0.2) is 64.4 Å². The van der Waals surface area contributed by atoms with Gasteiger partial charge in [0, 0.05) is 49.6 Å². The number of nitrogens with zero attached hydrogens (tertiary/aromatic N) is 5. The highest BCUT2D eigenvalue weighted by molar-refractivity contribution is 6.34. The van der Waals surface area contributed by atoms with Crippen LogP contribution in [0.15, 0.2) is 12.4 Å². The maximum atomic E-state index is 6.45. The lowest BCUT2D eigenvalue weighted by molar-refractivity contribution is 0.0390. The number of pyridine rings is 1. The molecule has 0 atom stereocenters. The Balaban J connectivity index is 1.65. The summed E-state index contributed by atoms with van der Waals surface area (Å²) in [5.41, 5.74) is 10.2. The number of nitrogen functional groups attached to an aromatic ring is 1. The van der Waals surface area contributed by atoms with E-state index in [9.17, 15) is 0 Å². The van der Waals surface area contributed by atoms with Gasteiger partial charge in [0.2, 0.25) is 5.95 Å². The molecular weight excluding hydrogens is 428 g/mol. The number of hydrogen-bond donors (Lipinski definition) is 1. The Kier molecular flexibility index (Phi) is 6.80. The minimum atomic E-state index is 0.125. The number of anilines is 1. The van der Waals surface area contributed by atoms with Crippen molar-refractivity contribution in [3.63, 3.8) is 0 Å². The van der Waals surface area contributed by atoms with E-state index in [2.05, 4.69) is 31.7 Å². The zero-order valence-electron chi connectivity index (χ0n) is 18.6. The minimum absolute atomic E-state index is 0.125. The summed E-state index contributed by atoms with van der Waals surface area (Å²) < 4.78 is 12.9. The molecule has 0 aliphatic carbocycles. The standard InChI is InChI=1S/C23H27ClN6O2/c1-15-12-26-18(16(2)20(15)31-3)14-30-13-17(19-21(24)27-23(25)28-22(19)30)6-4-5-7-29-8-10-32-11-9-29/h12-13H,5,7-11,14H2,1-3H3,(H2,25,27,28). The second-order valence-corrected chi connectivity index (χ2v) is 8.15. The Morgan fingerprint density at radius 2 is 2.03 bits per heavy atom. The zero-order valence-corrected chi connectivity index (χ0v) is 19.4. The van der Waals surface area contributed by atoms with E-state index in [4.69, 9.17) is 26.8 Å². The predicted molar refractivity (Wildman–Crippen MR) is 125 cm³/mol. The van der Waals surface area contributed by atoms with Crippen LogP contribution < -0.4 is 10.5 Å². The van der Waals surface area contributed by atoms with E-state index in [1.54, 1.807) is 7.11 Å². The zero-order chi connectivity index (χ0) is 22.7. The molecule has 8 nitrogen and oxygen atoms in total. The van der Waals surface area contributed by atoms with Gasteiger partial charge in [-0.25, -0.2) is 4.98 Å².